The molecule has 0 bridgehead atoms. The maximum atomic E-state index is 9.57. The fraction of sp³-hybridized carbons (Fsp3) is 0.389. The van der Waals surface area contributed by atoms with E-state index >= 15 is 0 Å². The Bertz CT molecular complexity index is 766. The summed E-state index contributed by atoms with van der Waals surface area (Å²) in [6, 6.07) is 8.06. The van der Waals surface area contributed by atoms with Crippen molar-refractivity contribution in [1.82, 2.24) is 4.98 Å². The molecule has 3 rings (SSSR count). The third-order valence-corrected chi connectivity index (χ3v) is 4.21. The van der Waals surface area contributed by atoms with Crippen molar-refractivity contribution in [3.8, 4) is 12.1 Å². The van der Waals surface area contributed by atoms with Gasteiger partial charge in [0, 0.05) is 5.69 Å². The molecule has 2 aromatic heterocycles. The standard InChI is InChI=1S/C18H18N4O/c19-10-15-14-7-3-1-2-4-8-17(14)22-18(16(15)11-20)21-12-13-6-5-9-23-13/h5-6,9H,1-4,7-8,12H2,(H,21,22). The van der Waals surface area contributed by atoms with Crippen molar-refractivity contribution in [2.45, 2.75) is 45.1 Å². The number of nitriles is 2. The van der Waals surface area contributed by atoms with Gasteiger partial charge in [0.15, 0.2) is 0 Å². The number of nitrogens with zero attached hydrogens (tertiary/aromatic N) is 3. The average Bonchev–Trinajstić information content (AvgIpc) is 3.06. The summed E-state index contributed by atoms with van der Waals surface area (Å²) in [5.74, 6) is 1.25. The van der Waals surface area contributed by atoms with Crippen molar-refractivity contribution in [2.24, 2.45) is 0 Å². The SMILES string of the molecule is N#Cc1c(NCc2ccco2)nc2c(c1C#N)CCCCCC2. The molecule has 0 aromatic carbocycles. The van der Waals surface area contributed by atoms with Crippen LogP contribution in [-0.4, -0.2) is 4.98 Å². The third-order valence-electron chi connectivity index (χ3n) is 4.21. The lowest BCUT2D eigenvalue weighted by molar-refractivity contribution is 0.517. The van der Waals surface area contributed by atoms with Crippen LogP contribution in [0.1, 0.15) is 53.8 Å². The number of pyridine rings is 1. The molecule has 1 N–H and O–H groups in total. The molecule has 1 aliphatic carbocycles. The Morgan fingerprint density at radius 3 is 2.57 bits per heavy atom. The molecule has 0 saturated heterocycles. The maximum Gasteiger partial charge on any atom is 0.145 e. The van der Waals surface area contributed by atoms with Crippen LogP contribution in [0.5, 0.6) is 0 Å². The highest BCUT2D eigenvalue weighted by Gasteiger charge is 2.20. The summed E-state index contributed by atoms with van der Waals surface area (Å²) < 4.78 is 5.30. The minimum Gasteiger partial charge on any atom is -0.467 e. The molecule has 1 aliphatic rings. The van der Waals surface area contributed by atoms with Gasteiger partial charge in [0.25, 0.3) is 0 Å². The Morgan fingerprint density at radius 1 is 1.09 bits per heavy atom. The van der Waals surface area contributed by atoms with E-state index in [1.807, 2.05) is 12.1 Å². The zero-order chi connectivity index (χ0) is 16.1. The average molecular weight is 306 g/mol. The first-order valence-electron chi connectivity index (χ1n) is 7.95. The van der Waals surface area contributed by atoms with Gasteiger partial charge in [-0.15, -0.1) is 0 Å². The molecule has 0 atom stereocenters. The van der Waals surface area contributed by atoms with Crippen LogP contribution in [0.15, 0.2) is 22.8 Å². The van der Waals surface area contributed by atoms with Crippen molar-refractivity contribution in [3.63, 3.8) is 0 Å². The van der Waals surface area contributed by atoms with E-state index in [0.717, 1.165) is 42.7 Å². The molecule has 0 spiro atoms. The number of hydrogen-bond donors (Lipinski definition) is 1. The van der Waals surface area contributed by atoms with Crippen molar-refractivity contribution >= 4 is 5.82 Å². The van der Waals surface area contributed by atoms with Crippen LogP contribution in [0.2, 0.25) is 0 Å². The van der Waals surface area contributed by atoms with Gasteiger partial charge in [-0.05, 0) is 43.4 Å². The molecule has 0 amide bonds. The highest BCUT2D eigenvalue weighted by molar-refractivity contribution is 5.63. The monoisotopic (exact) mass is 306 g/mol. The number of hydrogen-bond acceptors (Lipinski definition) is 5. The zero-order valence-electron chi connectivity index (χ0n) is 12.9. The van der Waals surface area contributed by atoms with Crippen molar-refractivity contribution in [1.29, 1.82) is 10.5 Å². The van der Waals surface area contributed by atoms with Gasteiger partial charge in [-0.25, -0.2) is 4.98 Å². The molecule has 0 fully saturated rings. The Hall–Kier alpha value is -2.79. The quantitative estimate of drug-likeness (QED) is 0.934. The summed E-state index contributed by atoms with van der Waals surface area (Å²) in [5.41, 5.74) is 2.76. The van der Waals surface area contributed by atoms with Gasteiger partial charge in [-0.3, -0.25) is 0 Å². The highest BCUT2D eigenvalue weighted by atomic mass is 16.3. The number of anilines is 1. The normalized spacial score (nSPS) is 14.0. The fourth-order valence-electron chi connectivity index (χ4n) is 3.04. The first-order valence-corrected chi connectivity index (χ1v) is 7.95. The molecule has 0 radical (unpaired) electrons. The smallest absolute Gasteiger partial charge is 0.145 e. The zero-order valence-corrected chi connectivity index (χ0v) is 12.9. The van der Waals surface area contributed by atoms with Crippen LogP contribution in [0.4, 0.5) is 5.82 Å². The summed E-state index contributed by atoms with van der Waals surface area (Å²) in [5, 5.41) is 22.2. The summed E-state index contributed by atoms with van der Waals surface area (Å²) in [7, 11) is 0. The van der Waals surface area contributed by atoms with Gasteiger partial charge in [-0.2, -0.15) is 10.5 Å². The number of fused-ring (bicyclic) bond motifs is 1. The molecule has 2 aromatic rings. The molecular weight excluding hydrogens is 288 g/mol. The van der Waals surface area contributed by atoms with Gasteiger partial charge in [0.05, 0.1) is 18.4 Å². The van der Waals surface area contributed by atoms with Gasteiger partial charge < -0.3 is 9.73 Å². The highest BCUT2D eigenvalue weighted by Crippen LogP contribution is 2.28. The van der Waals surface area contributed by atoms with Crippen molar-refractivity contribution in [2.75, 3.05) is 5.32 Å². The molecule has 116 valence electrons. The lowest BCUT2D eigenvalue weighted by Gasteiger charge is -2.17. The summed E-state index contributed by atoms with van der Waals surface area (Å²) >= 11 is 0. The predicted molar refractivity (Wildman–Crippen MR) is 85.6 cm³/mol. The fourth-order valence-corrected chi connectivity index (χ4v) is 3.04. The second-order valence-corrected chi connectivity index (χ2v) is 5.71. The number of rotatable bonds is 3. The molecule has 0 aliphatic heterocycles. The van der Waals surface area contributed by atoms with E-state index in [9.17, 15) is 10.5 Å². The molecular formula is C18H18N4O. The van der Waals surface area contributed by atoms with Crippen LogP contribution >= 0.6 is 0 Å². The molecule has 23 heavy (non-hydrogen) atoms. The van der Waals surface area contributed by atoms with Crippen LogP contribution in [0.3, 0.4) is 0 Å². The lowest BCUT2D eigenvalue weighted by atomic mass is 9.92. The van der Waals surface area contributed by atoms with Gasteiger partial charge in [-0.1, -0.05) is 12.8 Å². The Kier molecular flexibility index (Phi) is 4.59. The van der Waals surface area contributed by atoms with Gasteiger partial charge in [0.2, 0.25) is 0 Å². The van der Waals surface area contributed by atoms with E-state index < -0.39 is 0 Å². The summed E-state index contributed by atoms with van der Waals surface area (Å²) in [4.78, 5) is 4.67. The van der Waals surface area contributed by atoms with Crippen molar-refractivity contribution < 1.29 is 4.42 Å². The number of aryl methyl sites for hydroxylation is 1. The van der Waals surface area contributed by atoms with E-state index in [-0.39, 0.29) is 0 Å². The number of nitrogens with one attached hydrogen (secondary N) is 1. The topological polar surface area (TPSA) is 85.6 Å². The van der Waals surface area contributed by atoms with Crippen LogP contribution < -0.4 is 5.32 Å². The molecule has 0 saturated carbocycles. The summed E-state index contributed by atoms with van der Waals surface area (Å²) in [6.07, 6.45) is 7.80. The first kappa shape index (κ1) is 15.1. The first-order chi connectivity index (χ1) is 11.3. The Morgan fingerprint density at radius 2 is 1.87 bits per heavy atom. The number of furan rings is 1. The minimum atomic E-state index is 0.346. The van der Waals surface area contributed by atoms with E-state index in [1.165, 1.54) is 12.8 Å². The van der Waals surface area contributed by atoms with Crippen LogP contribution in [-0.2, 0) is 19.4 Å². The van der Waals surface area contributed by atoms with E-state index in [0.29, 0.717) is 23.5 Å². The van der Waals surface area contributed by atoms with E-state index in [4.69, 9.17) is 4.42 Å². The van der Waals surface area contributed by atoms with Crippen molar-refractivity contribution in [3.05, 3.63) is 46.5 Å². The third kappa shape index (κ3) is 3.19. The predicted octanol–water partition coefficient (Wildman–Crippen LogP) is 3.69. The Balaban J connectivity index is 1.99. The van der Waals surface area contributed by atoms with E-state index in [1.54, 1.807) is 6.26 Å². The minimum absolute atomic E-state index is 0.346. The molecule has 5 heteroatoms. The molecule has 2 heterocycles. The summed E-state index contributed by atoms with van der Waals surface area (Å²) in [6.45, 7) is 0.443. The molecule has 0 unspecified atom stereocenters. The largest absolute Gasteiger partial charge is 0.467 e. The van der Waals surface area contributed by atoms with Gasteiger partial charge >= 0.3 is 0 Å². The second-order valence-electron chi connectivity index (χ2n) is 5.71. The van der Waals surface area contributed by atoms with Gasteiger partial charge in [0.1, 0.15) is 29.3 Å². The van der Waals surface area contributed by atoms with Crippen LogP contribution in [0.25, 0.3) is 0 Å². The number of aromatic nitrogens is 1. The van der Waals surface area contributed by atoms with Crippen LogP contribution in [0, 0.1) is 22.7 Å². The Labute approximate surface area is 135 Å². The van der Waals surface area contributed by atoms with E-state index in [2.05, 4.69) is 22.4 Å². The molecule has 5 nitrogen and oxygen atoms in total. The lowest BCUT2D eigenvalue weighted by Crippen LogP contribution is -2.12. The maximum absolute atomic E-state index is 9.57. The second kappa shape index (κ2) is 6.98.